The molecule has 1 fully saturated rings. The van der Waals surface area contributed by atoms with E-state index in [0.29, 0.717) is 31.7 Å². The highest BCUT2D eigenvalue weighted by Crippen LogP contribution is 2.35. The van der Waals surface area contributed by atoms with Crippen LogP contribution in [0.3, 0.4) is 0 Å². The third-order valence-electron chi connectivity index (χ3n) is 3.53. The third-order valence-corrected chi connectivity index (χ3v) is 3.53. The Morgan fingerprint density at radius 3 is 2.45 bits per heavy atom. The zero-order chi connectivity index (χ0) is 14.8. The Labute approximate surface area is 115 Å². The highest BCUT2D eigenvalue weighted by molar-refractivity contribution is 5.26. The number of halogens is 4. The van der Waals surface area contributed by atoms with Crippen LogP contribution >= 0.6 is 0 Å². The topological polar surface area (TPSA) is 15.3 Å². The molecule has 0 bridgehead atoms. The van der Waals surface area contributed by atoms with E-state index >= 15 is 0 Å². The van der Waals surface area contributed by atoms with Crippen LogP contribution in [-0.2, 0) is 0 Å². The van der Waals surface area contributed by atoms with Crippen LogP contribution in [0.5, 0.6) is 0 Å². The van der Waals surface area contributed by atoms with Crippen molar-refractivity contribution in [2.24, 2.45) is 0 Å². The van der Waals surface area contributed by atoms with Gasteiger partial charge in [0.2, 0.25) is 0 Å². The number of aryl methyl sites for hydroxylation is 1. The largest absolute Gasteiger partial charge is 0.390 e. The second-order valence-corrected chi connectivity index (χ2v) is 5.15. The molecule has 0 saturated carbocycles. The summed E-state index contributed by atoms with van der Waals surface area (Å²) >= 11 is 0. The molecule has 1 saturated heterocycles. The number of hydrogen-bond donors (Lipinski definition) is 1. The standard InChI is InChI=1S/C14H18F4N2/c1-10-2-3-11(12(15)8-10)13(9-14(16,17)18)20-6-4-19-5-7-20/h2-3,8,13,19H,4-7,9H2,1H3/t13-/m1/s1. The van der Waals surface area contributed by atoms with Gasteiger partial charge in [-0.15, -0.1) is 0 Å². The first-order valence-electron chi connectivity index (χ1n) is 6.64. The molecule has 20 heavy (non-hydrogen) atoms. The van der Waals surface area contributed by atoms with Gasteiger partial charge in [0.05, 0.1) is 6.42 Å². The van der Waals surface area contributed by atoms with Crippen molar-refractivity contribution in [2.75, 3.05) is 26.2 Å². The van der Waals surface area contributed by atoms with E-state index in [4.69, 9.17) is 0 Å². The summed E-state index contributed by atoms with van der Waals surface area (Å²) in [5.41, 5.74) is 0.840. The van der Waals surface area contributed by atoms with Crippen molar-refractivity contribution in [3.63, 3.8) is 0 Å². The molecule has 1 aromatic carbocycles. The van der Waals surface area contributed by atoms with Gasteiger partial charge in [0.15, 0.2) is 0 Å². The lowest BCUT2D eigenvalue weighted by Crippen LogP contribution is -2.46. The smallest absolute Gasteiger partial charge is 0.314 e. The molecule has 1 heterocycles. The number of alkyl halides is 3. The van der Waals surface area contributed by atoms with Gasteiger partial charge < -0.3 is 5.32 Å². The van der Waals surface area contributed by atoms with E-state index in [0.717, 1.165) is 0 Å². The maximum Gasteiger partial charge on any atom is 0.390 e. The summed E-state index contributed by atoms with van der Waals surface area (Å²) in [6.07, 6.45) is -5.33. The molecular weight excluding hydrogens is 272 g/mol. The molecule has 0 unspecified atom stereocenters. The fourth-order valence-electron chi connectivity index (χ4n) is 2.55. The summed E-state index contributed by atoms with van der Waals surface area (Å²) in [7, 11) is 0. The summed E-state index contributed by atoms with van der Waals surface area (Å²) in [5, 5.41) is 3.09. The minimum absolute atomic E-state index is 0.134. The minimum atomic E-state index is -4.31. The van der Waals surface area contributed by atoms with E-state index in [1.165, 1.54) is 12.1 Å². The first-order chi connectivity index (χ1) is 9.37. The van der Waals surface area contributed by atoms with E-state index < -0.39 is 24.5 Å². The van der Waals surface area contributed by atoms with Crippen LogP contribution in [0.15, 0.2) is 18.2 Å². The van der Waals surface area contributed by atoms with Gasteiger partial charge in [-0.05, 0) is 18.6 Å². The lowest BCUT2D eigenvalue weighted by Gasteiger charge is -2.35. The fraction of sp³-hybridized carbons (Fsp3) is 0.571. The van der Waals surface area contributed by atoms with E-state index in [9.17, 15) is 17.6 Å². The summed E-state index contributed by atoms with van der Waals surface area (Å²) < 4.78 is 52.4. The normalized spacial score (nSPS) is 19.1. The minimum Gasteiger partial charge on any atom is -0.314 e. The van der Waals surface area contributed by atoms with Gasteiger partial charge in [-0.25, -0.2) is 4.39 Å². The van der Waals surface area contributed by atoms with Gasteiger partial charge >= 0.3 is 6.18 Å². The van der Waals surface area contributed by atoms with Crippen LogP contribution in [0, 0.1) is 12.7 Å². The van der Waals surface area contributed by atoms with Crippen molar-refractivity contribution in [3.8, 4) is 0 Å². The Morgan fingerprint density at radius 2 is 1.90 bits per heavy atom. The van der Waals surface area contributed by atoms with E-state index in [-0.39, 0.29) is 5.56 Å². The average molecular weight is 290 g/mol. The van der Waals surface area contributed by atoms with E-state index in [1.54, 1.807) is 17.9 Å². The van der Waals surface area contributed by atoms with Crippen molar-refractivity contribution in [2.45, 2.75) is 25.6 Å². The Bertz CT molecular complexity index is 453. The predicted molar refractivity (Wildman–Crippen MR) is 69.0 cm³/mol. The monoisotopic (exact) mass is 290 g/mol. The second-order valence-electron chi connectivity index (χ2n) is 5.15. The van der Waals surface area contributed by atoms with Crippen molar-refractivity contribution in [1.82, 2.24) is 10.2 Å². The molecule has 6 heteroatoms. The Hall–Kier alpha value is -1.14. The first-order valence-corrected chi connectivity index (χ1v) is 6.64. The molecular formula is C14H18F4N2. The number of piperazine rings is 1. The lowest BCUT2D eigenvalue weighted by atomic mass is 9.99. The van der Waals surface area contributed by atoms with Crippen LogP contribution in [0.4, 0.5) is 17.6 Å². The van der Waals surface area contributed by atoms with Crippen LogP contribution < -0.4 is 5.32 Å². The summed E-state index contributed by atoms with van der Waals surface area (Å²) in [5.74, 6) is -0.558. The van der Waals surface area contributed by atoms with Crippen molar-refractivity contribution in [1.29, 1.82) is 0 Å². The fourth-order valence-corrected chi connectivity index (χ4v) is 2.55. The van der Waals surface area contributed by atoms with Gasteiger partial charge in [0.25, 0.3) is 0 Å². The molecule has 1 aliphatic heterocycles. The van der Waals surface area contributed by atoms with Crippen molar-refractivity contribution in [3.05, 3.63) is 35.1 Å². The number of nitrogens with one attached hydrogen (secondary N) is 1. The molecule has 1 N–H and O–H groups in total. The summed E-state index contributed by atoms with van der Waals surface area (Å²) in [6, 6.07) is 3.48. The molecule has 0 aromatic heterocycles. The molecule has 1 atom stereocenters. The lowest BCUT2D eigenvalue weighted by molar-refractivity contribution is -0.149. The van der Waals surface area contributed by atoms with Crippen LogP contribution in [0.25, 0.3) is 0 Å². The summed E-state index contributed by atoms with van der Waals surface area (Å²) in [4.78, 5) is 1.71. The highest BCUT2D eigenvalue weighted by atomic mass is 19.4. The van der Waals surface area contributed by atoms with Crippen molar-refractivity contribution >= 4 is 0 Å². The second kappa shape index (κ2) is 6.10. The predicted octanol–water partition coefficient (Wildman–Crippen LogP) is 3.03. The molecule has 1 aliphatic rings. The summed E-state index contributed by atoms with van der Waals surface area (Å²) in [6.45, 7) is 3.96. The maximum absolute atomic E-state index is 14.0. The third kappa shape index (κ3) is 3.93. The molecule has 0 radical (unpaired) electrons. The van der Waals surface area contributed by atoms with Gasteiger partial charge in [-0.1, -0.05) is 12.1 Å². The Balaban J connectivity index is 2.29. The Kier molecular flexibility index (Phi) is 4.65. The van der Waals surface area contributed by atoms with Crippen LogP contribution in [0.2, 0.25) is 0 Å². The number of benzene rings is 1. The SMILES string of the molecule is Cc1ccc([C@@H](CC(F)(F)F)N2CCNCC2)c(F)c1. The zero-order valence-corrected chi connectivity index (χ0v) is 11.3. The molecule has 2 nitrogen and oxygen atoms in total. The number of hydrogen-bond acceptors (Lipinski definition) is 2. The molecule has 0 spiro atoms. The molecule has 0 aliphatic carbocycles. The molecule has 0 amide bonds. The van der Waals surface area contributed by atoms with Crippen molar-refractivity contribution < 1.29 is 17.6 Å². The molecule has 1 aromatic rings. The van der Waals surface area contributed by atoms with Crippen LogP contribution in [0.1, 0.15) is 23.6 Å². The Morgan fingerprint density at radius 1 is 1.25 bits per heavy atom. The van der Waals surface area contributed by atoms with E-state index in [1.807, 2.05) is 0 Å². The average Bonchev–Trinajstić information content (AvgIpc) is 2.36. The van der Waals surface area contributed by atoms with E-state index in [2.05, 4.69) is 5.32 Å². The first kappa shape index (κ1) is 15.3. The number of rotatable bonds is 3. The molecule has 2 rings (SSSR count). The maximum atomic E-state index is 14.0. The quantitative estimate of drug-likeness (QED) is 0.861. The van der Waals surface area contributed by atoms with Gasteiger partial charge in [0.1, 0.15) is 5.82 Å². The van der Waals surface area contributed by atoms with Gasteiger partial charge in [-0.2, -0.15) is 13.2 Å². The number of nitrogens with zero attached hydrogens (tertiary/aromatic N) is 1. The highest BCUT2D eigenvalue weighted by Gasteiger charge is 2.36. The van der Waals surface area contributed by atoms with Gasteiger partial charge in [0, 0.05) is 37.8 Å². The zero-order valence-electron chi connectivity index (χ0n) is 11.3. The molecule has 112 valence electrons. The van der Waals surface area contributed by atoms with Crippen LogP contribution in [-0.4, -0.2) is 37.3 Å². The van der Waals surface area contributed by atoms with Gasteiger partial charge in [-0.3, -0.25) is 4.90 Å².